The van der Waals surface area contributed by atoms with Crippen LogP contribution in [0.4, 0.5) is 0 Å². The van der Waals surface area contributed by atoms with E-state index in [4.69, 9.17) is 32.7 Å². The average molecular weight is 291 g/mol. The monoisotopic (exact) mass is 290 g/mol. The van der Waals surface area contributed by atoms with Gasteiger partial charge in [-0.25, -0.2) is 0 Å². The van der Waals surface area contributed by atoms with E-state index < -0.39 is 0 Å². The third-order valence-corrected chi connectivity index (χ3v) is 2.76. The van der Waals surface area contributed by atoms with Crippen LogP contribution in [0.1, 0.15) is 30.6 Å². The lowest BCUT2D eigenvalue weighted by atomic mass is 10.1. The molecule has 0 unspecified atom stereocenters. The molecule has 0 aromatic heterocycles. The van der Waals surface area contributed by atoms with Crippen molar-refractivity contribution in [1.82, 2.24) is 0 Å². The molecule has 0 amide bonds. The molecule has 100 valence electrons. The number of Topliss-reactive ketones (excluding diaryl/α,β-unsaturated/α-hetero) is 1. The molecule has 0 bridgehead atoms. The molecule has 1 aromatic rings. The minimum atomic E-state index is -0.0981. The lowest BCUT2D eigenvalue weighted by Crippen LogP contribution is -2.04. The summed E-state index contributed by atoms with van der Waals surface area (Å²) >= 11 is 11.6. The second-order valence-electron chi connectivity index (χ2n) is 3.51. The Morgan fingerprint density at radius 2 is 1.72 bits per heavy atom. The van der Waals surface area contributed by atoms with Crippen LogP contribution in [0.2, 0.25) is 5.02 Å². The van der Waals surface area contributed by atoms with Crippen molar-refractivity contribution < 1.29 is 14.3 Å². The van der Waals surface area contributed by atoms with Gasteiger partial charge in [0.05, 0.1) is 18.2 Å². The number of carbonyl (C=O) groups is 1. The largest absolute Gasteiger partial charge is 0.490 e. The molecule has 0 aliphatic carbocycles. The van der Waals surface area contributed by atoms with Crippen LogP contribution < -0.4 is 9.47 Å². The molecule has 0 heterocycles. The Kier molecular flexibility index (Phi) is 6.30. The smallest absolute Gasteiger partial charge is 0.165 e. The van der Waals surface area contributed by atoms with Gasteiger partial charge in [-0.3, -0.25) is 4.79 Å². The number of hydrogen-bond acceptors (Lipinski definition) is 3. The van der Waals surface area contributed by atoms with Crippen molar-refractivity contribution in [2.45, 2.75) is 20.3 Å². The van der Waals surface area contributed by atoms with Crippen LogP contribution in [0, 0.1) is 0 Å². The van der Waals surface area contributed by atoms with Crippen LogP contribution in [0.15, 0.2) is 12.1 Å². The third-order valence-electron chi connectivity index (χ3n) is 2.26. The fourth-order valence-electron chi connectivity index (χ4n) is 1.51. The predicted molar refractivity (Wildman–Crippen MR) is 73.5 cm³/mol. The van der Waals surface area contributed by atoms with E-state index in [0.717, 1.165) is 0 Å². The van der Waals surface area contributed by atoms with Crippen molar-refractivity contribution in [2.75, 3.05) is 19.1 Å². The number of alkyl halides is 1. The summed E-state index contributed by atoms with van der Waals surface area (Å²) < 4.78 is 10.9. The SMILES string of the molecule is CCOc1cc(Cl)c(C(=O)CCCl)cc1OCC. The lowest BCUT2D eigenvalue weighted by Gasteiger charge is -2.13. The fraction of sp³-hybridized carbons (Fsp3) is 0.462. The number of benzene rings is 1. The van der Waals surface area contributed by atoms with Crippen molar-refractivity contribution >= 4 is 29.0 Å². The summed E-state index contributed by atoms with van der Waals surface area (Å²) in [5.74, 6) is 1.25. The van der Waals surface area contributed by atoms with Gasteiger partial charge < -0.3 is 9.47 Å². The Hall–Kier alpha value is -0.930. The molecule has 0 saturated carbocycles. The van der Waals surface area contributed by atoms with Crippen LogP contribution in [0.25, 0.3) is 0 Å². The van der Waals surface area contributed by atoms with Gasteiger partial charge in [0, 0.05) is 23.9 Å². The average Bonchev–Trinajstić information content (AvgIpc) is 2.33. The summed E-state index contributed by atoms with van der Waals surface area (Å²) in [4.78, 5) is 11.8. The van der Waals surface area contributed by atoms with Gasteiger partial charge in [0.15, 0.2) is 17.3 Å². The first-order chi connectivity index (χ1) is 8.63. The predicted octanol–water partition coefficient (Wildman–Crippen LogP) is 3.95. The number of ketones is 1. The molecule has 0 N–H and O–H groups in total. The molecular formula is C13H16Cl2O3. The molecule has 0 atom stereocenters. The minimum Gasteiger partial charge on any atom is -0.490 e. The Balaban J connectivity index is 3.13. The van der Waals surface area contributed by atoms with E-state index in [-0.39, 0.29) is 18.1 Å². The topological polar surface area (TPSA) is 35.5 Å². The van der Waals surface area contributed by atoms with Gasteiger partial charge in [0.1, 0.15) is 0 Å². The van der Waals surface area contributed by atoms with E-state index in [1.807, 2.05) is 13.8 Å². The number of hydrogen-bond donors (Lipinski definition) is 0. The summed E-state index contributed by atoms with van der Waals surface area (Å²) in [7, 11) is 0. The molecule has 0 spiro atoms. The Labute approximate surface area is 117 Å². The van der Waals surface area contributed by atoms with Crippen molar-refractivity contribution in [2.24, 2.45) is 0 Å². The summed E-state index contributed by atoms with van der Waals surface area (Å²) in [5.41, 5.74) is 0.421. The molecule has 0 aliphatic rings. The standard InChI is InChI=1S/C13H16Cl2O3/c1-3-17-12-7-9(11(16)5-6-14)10(15)8-13(12)18-4-2/h7-8H,3-6H2,1-2H3. The molecule has 0 radical (unpaired) electrons. The first-order valence-electron chi connectivity index (χ1n) is 5.82. The van der Waals surface area contributed by atoms with Crippen LogP contribution in [-0.4, -0.2) is 24.9 Å². The zero-order valence-electron chi connectivity index (χ0n) is 10.5. The van der Waals surface area contributed by atoms with Crippen LogP contribution in [0.5, 0.6) is 11.5 Å². The number of ether oxygens (including phenoxy) is 2. The maximum Gasteiger partial charge on any atom is 0.165 e. The first-order valence-corrected chi connectivity index (χ1v) is 6.73. The number of halogens is 2. The molecule has 0 fully saturated rings. The normalized spacial score (nSPS) is 10.2. The quantitative estimate of drug-likeness (QED) is 0.563. The highest BCUT2D eigenvalue weighted by Gasteiger charge is 2.15. The zero-order chi connectivity index (χ0) is 13.5. The van der Waals surface area contributed by atoms with Crippen molar-refractivity contribution in [3.05, 3.63) is 22.7 Å². The van der Waals surface area contributed by atoms with E-state index in [2.05, 4.69) is 0 Å². The van der Waals surface area contributed by atoms with Gasteiger partial charge in [-0.2, -0.15) is 0 Å². The van der Waals surface area contributed by atoms with Crippen LogP contribution >= 0.6 is 23.2 Å². The maximum atomic E-state index is 11.8. The zero-order valence-corrected chi connectivity index (χ0v) is 12.0. The molecule has 3 nitrogen and oxygen atoms in total. The molecule has 5 heteroatoms. The molecule has 18 heavy (non-hydrogen) atoms. The maximum absolute atomic E-state index is 11.8. The van der Waals surface area contributed by atoms with Crippen LogP contribution in [0.3, 0.4) is 0 Å². The highest BCUT2D eigenvalue weighted by molar-refractivity contribution is 6.34. The van der Waals surface area contributed by atoms with E-state index in [0.29, 0.717) is 35.3 Å². The Morgan fingerprint density at radius 1 is 1.17 bits per heavy atom. The summed E-state index contributed by atoms with van der Waals surface area (Å²) in [6, 6.07) is 3.23. The van der Waals surface area contributed by atoms with Gasteiger partial charge in [0.2, 0.25) is 0 Å². The van der Waals surface area contributed by atoms with Crippen molar-refractivity contribution in [3.8, 4) is 11.5 Å². The molecule has 0 aliphatic heterocycles. The fourth-order valence-corrected chi connectivity index (χ4v) is 1.94. The highest BCUT2D eigenvalue weighted by Crippen LogP contribution is 2.34. The molecule has 1 rings (SSSR count). The van der Waals surface area contributed by atoms with Crippen molar-refractivity contribution in [1.29, 1.82) is 0 Å². The number of rotatable bonds is 7. The minimum absolute atomic E-state index is 0.0981. The summed E-state index contributed by atoms with van der Waals surface area (Å²) in [6.45, 7) is 4.73. The van der Waals surface area contributed by atoms with E-state index >= 15 is 0 Å². The summed E-state index contributed by atoms with van der Waals surface area (Å²) in [5, 5.41) is 0.358. The second-order valence-corrected chi connectivity index (χ2v) is 4.29. The van der Waals surface area contributed by atoms with E-state index in [1.54, 1.807) is 12.1 Å². The van der Waals surface area contributed by atoms with Gasteiger partial charge >= 0.3 is 0 Å². The van der Waals surface area contributed by atoms with E-state index in [9.17, 15) is 4.79 Å². The second kappa shape index (κ2) is 7.49. The highest BCUT2D eigenvalue weighted by atomic mass is 35.5. The van der Waals surface area contributed by atoms with Crippen molar-refractivity contribution in [3.63, 3.8) is 0 Å². The third kappa shape index (κ3) is 3.79. The van der Waals surface area contributed by atoms with Crippen LogP contribution in [-0.2, 0) is 0 Å². The van der Waals surface area contributed by atoms with Gasteiger partial charge in [-0.1, -0.05) is 11.6 Å². The lowest BCUT2D eigenvalue weighted by molar-refractivity contribution is 0.0989. The molecule has 0 saturated heterocycles. The Bertz CT molecular complexity index is 419. The molecular weight excluding hydrogens is 275 g/mol. The molecule has 1 aromatic carbocycles. The number of carbonyl (C=O) groups excluding carboxylic acids is 1. The first kappa shape index (κ1) is 15.1. The Morgan fingerprint density at radius 3 is 2.22 bits per heavy atom. The van der Waals surface area contributed by atoms with Gasteiger partial charge in [0.25, 0.3) is 0 Å². The van der Waals surface area contributed by atoms with Gasteiger partial charge in [-0.05, 0) is 19.9 Å². The van der Waals surface area contributed by atoms with E-state index in [1.165, 1.54) is 0 Å². The summed E-state index contributed by atoms with van der Waals surface area (Å²) in [6.07, 6.45) is 0.251. The van der Waals surface area contributed by atoms with Gasteiger partial charge in [-0.15, -0.1) is 11.6 Å².